The zero-order valence-electron chi connectivity index (χ0n) is 14.4. The molecule has 10 heteroatoms. The molecule has 3 rings (SSSR count). The molecular formula is C18H15ClF3NO5. The monoisotopic (exact) mass is 417 g/mol. The van der Waals surface area contributed by atoms with Gasteiger partial charge in [-0.1, -0.05) is 11.6 Å². The fourth-order valence-electron chi connectivity index (χ4n) is 2.67. The van der Waals surface area contributed by atoms with Gasteiger partial charge >= 0.3 is 11.9 Å². The summed E-state index contributed by atoms with van der Waals surface area (Å²) < 4.78 is 54.7. The average molecular weight is 418 g/mol. The normalized spacial score (nSPS) is 17.2. The summed E-state index contributed by atoms with van der Waals surface area (Å²) in [5, 5.41) is 11.0. The molecule has 1 aliphatic heterocycles. The lowest BCUT2D eigenvalue weighted by Gasteiger charge is -2.23. The van der Waals surface area contributed by atoms with Gasteiger partial charge in [0.25, 0.3) is 0 Å². The van der Waals surface area contributed by atoms with Gasteiger partial charge in [0.1, 0.15) is 17.6 Å². The summed E-state index contributed by atoms with van der Waals surface area (Å²) >= 11 is 5.88. The van der Waals surface area contributed by atoms with Crippen LogP contribution in [0.1, 0.15) is 18.4 Å². The molecule has 28 heavy (non-hydrogen) atoms. The lowest BCUT2D eigenvalue weighted by molar-refractivity contribution is -0.386. The molecule has 1 aliphatic rings. The number of hydrogen-bond acceptors (Lipinski definition) is 5. The molecule has 0 aromatic heterocycles. The van der Waals surface area contributed by atoms with Crippen LogP contribution in [0.25, 0.3) is 0 Å². The summed E-state index contributed by atoms with van der Waals surface area (Å²) in [4.78, 5) is 10.7. The highest BCUT2D eigenvalue weighted by molar-refractivity contribution is 6.32. The van der Waals surface area contributed by atoms with Gasteiger partial charge in [0.2, 0.25) is 5.75 Å². The van der Waals surface area contributed by atoms with Crippen molar-refractivity contribution in [2.75, 3.05) is 13.2 Å². The minimum absolute atomic E-state index is 0.0129. The molecule has 1 fully saturated rings. The van der Waals surface area contributed by atoms with E-state index in [9.17, 15) is 23.3 Å². The van der Waals surface area contributed by atoms with Gasteiger partial charge in [0.15, 0.2) is 0 Å². The predicted molar refractivity (Wildman–Crippen MR) is 94.1 cm³/mol. The summed E-state index contributed by atoms with van der Waals surface area (Å²) in [5.74, 6) is 0.107. The van der Waals surface area contributed by atoms with E-state index in [0.717, 1.165) is 24.6 Å². The largest absolute Gasteiger partial charge is 0.481 e. The molecule has 0 amide bonds. The minimum atomic E-state index is -4.53. The van der Waals surface area contributed by atoms with E-state index in [1.807, 2.05) is 0 Å². The Balaban J connectivity index is 1.84. The second-order valence-electron chi connectivity index (χ2n) is 6.09. The fourth-order valence-corrected chi connectivity index (χ4v) is 2.89. The maximum Gasteiger partial charge on any atom is 0.416 e. The van der Waals surface area contributed by atoms with E-state index in [4.69, 9.17) is 25.8 Å². The topological polar surface area (TPSA) is 70.8 Å². The van der Waals surface area contributed by atoms with E-state index in [1.165, 1.54) is 18.2 Å². The first-order valence-corrected chi connectivity index (χ1v) is 8.69. The van der Waals surface area contributed by atoms with Crippen molar-refractivity contribution in [1.29, 1.82) is 0 Å². The predicted octanol–water partition coefficient (Wildman–Crippen LogP) is 5.62. The van der Waals surface area contributed by atoms with E-state index in [-0.39, 0.29) is 34.1 Å². The van der Waals surface area contributed by atoms with Gasteiger partial charge in [-0.15, -0.1) is 0 Å². The molecule has 1 atom stereocenters. The molecule has 0 bridgehead atoms. The van der Waals surface area contributed by atoms with E-state index >= 15 is 0 Å². The van der Waals surface area contributed by atoms with Gasteiger partial charge in [-0.3, -0.25) is 10.1 Å². The highest BCUT2D eigenvalue weighted by Gasteiger charge is 2.31. The van der Waals surface area contributed by atoms with Crippen molar-refractivity contribution in [3.05, 3.63) is 57.1 Å². The van der Waals surface area contributed by atoms with Gasteiger partial charge in [0, 0.05) is 18.7 Å². The Hall–Kier alpha value is -2.52. The van der Waals surface area contributed by atoms with Crippen molar-refractivity contribution in [3.8, 4) is 17.2 Å². The zero-order valence-corrected chi connectivity index (χ0v) is 15.1. The molecule has 0 N–H and O–H groups in total. The van der Waals surface area contributed by atoms with E-state index in [1.54, 1.807) is 0 Å². The summed E-state index contributed by atoms with van der Waals surface area (Å²) in [6.07, 6.45) is -3.40. The van der Waals surface area contributed by atoms with Crippen molar-refractivity contribution >= 4 is 17.3 Å². The van der Waals surface area contributed by atoms with Crippen LogP contribution in [0.2, 0.25) is 5.02 Å². The van der Waals surface area contributed by atoms with Crippen LogP contribution in [0, 0.1) is 10.1 Å². The first kappa shape index (κ1) is 20.2. The molecule has 1 unspecified atom stereocenters. The van der Waals surface area contributed by atoms with Crippen LogP contribution in [0.15, 0.2) is 36.4 Å². The van der Waals surface area contributed by atoms with Gasteiger partial charge in [-0.25, -0.2) is 0 Å². The van der Waals surface area contributed by atoms with Crippen LogP contribution in [-0.2, 0) is 10.9 Å². The van der Waals surface area contributed by atoms with Crippen LogP contribution >= 0.6 is 11.6 Å². The van der Waals surface area contributed by atoms with Crippen LogP contribution in [0.3, 0.4) is 0 Å². The molecule has 150 valence electrons. The van der Waals surface area contributed by atoms with Gasteiger partial charge in [-0.05, 0) is 37.1 Å². The Morgan fingerprint density at radius 3 is 2.57 bits per heavy atom. The number of nitro groups is 1. The quantitative estimate of drug-likeness (QED) is 0.466. The summed E-state index contributed by atoms with van der Waals surface area (Å²) in [6.45, 7) is 0.921. The number of hydrogen-bond donors (Lipinski definition) is 0. The highest BCUT2D eigenvalue weighted by Crippen LogP contribution is 2.39. The Labute approximate surface area is 162 Å². The maximum absolute atomic E-state index is 12.7. The van der Waals surface area contributed by atoms with Crippen molar-refractivity contribution in [2.24, 2.45) is 0 Å². The van der Waals surface area contributed by atoms with E-state index < -0.39 is 16.7 Å². The lowest BCUT2D eigenvalue weighted by Crippen LogP contribution is -2.28. The second kappa shape index (κ2) is 8.24. The molecule has 0 saturated carbocycles. The van der Waals surface area contributed by atoms with Crippen LogP contribution in [0.5, 0.6) is 17.2 Å². The number of nitrogens with zero attached hydrogens (tertiary/aromatic N) is 1. The number of ether oxygens (including phenoxy) is 3. The molecular weight excluding hydrogens is 403 g/mol. The Morgan fingerprint density at radius 2 is 1.96 bits per heavy atom. The standard InChI is InChI=1S/C18H15ClF3NO5/c19-14-8-11(18(20,21)22)3-6-16(14)27-12-4-5-15(23(24)25)17(9-12)28-13-2-1-7-26-10-13/h3-6,8-9,13H,1-2,7,10H2. The summed E-state index contributed by atoms with van der Waals surface area (Å²) in [7, 11) is 0. The molecule has 0 spiro atoms. The van der Waals surface area contributed by atoms with E-state index in [0.29, 0.717) is 19.6 Å². The number of benzene rings is 2. The van der Waals surface area contributed by atoms with Crippen molar-refractivity contribution in [1.82, 2.24) is 0 Å². The molecule has 1 heterocycles. The SMILES string of the molecule is O=[N+]([O-])c1ccc(Oc2ccc(C(F)(F)F)cc2Cl)cc1OC1CCCOC1. The van der Waals surface area contributed by atoms with Crippen molar-refractivity contribution in [2.45, 2.75) is 25.1 Å². The third kappa shape index (κ3) is 4.85. The first-order chi connectivity index (χ1) is 13.2. The molecule has 0 aliphatic carbocycles. The number of alkyl halides is 3. The molecule has 1 saturated heterocycles. The smallest absolute Gasteiger partial charge is 0.416 e. The van der Waals surface area contributed by atoms with Gasteiger partial charge in [-0.2, -0.15) is 13.2 Å². The summed E-state index contributed by atoms with van der Waals surface area (Å²) in [6, 6.07) is 6.49. The molecule has 0 radical (unpaired) electrons. The zero-order chi connectivity index (χ0) is 20.3. The molecule has 2 aromatic carbocycles. The first-order valence-electron chi connectivity index (χ1n) is 8.31. The van der Waals surface area contributed by atoms with Gasteiger partial charge in [0.05, 0.1) is 22.1 Å². The Kier molecular flexibility index (Phi) is 5.95. The van der Waals surface area contributed by atoms with Crippen LogP contribution in [-0.4, -0.2) is 24.2 Å². The molecule has 2 aromatic rings. The Bertz CT molecular complexity index is 869. The highest BCUT2D eigenvalue weighted by atomic mass is 35.5. The van der Waals surface area contributed by atoms with Crippen LogP contribution < -0.4 is 9.47 Å². The van der Waals surface area contributed by atoms with Crippen molar-refractivity contribution < 1.29 is 32.3 Å². The van der Waals surface area contributed by atoms with Crippen LogP contribution in [0.4, 0.5) is 18.9 Å². The second-order valence-corrected chi connectivity index (χ2v) is 6.50. The maximum atomic E-state index is 12.7. The van der Waals surface area contributed by atoms with Gasteiger partial charge < -0.3 is 14.2 Å². The minimum Gasteiger partial charge on any atom is -0.481 e. The summed E-state index contributed by atoms with van der Waals surface area (Å²) in [5.41, 5.74) is -1.16. The third-order valence-corrected chi connectivity index (χ3v) is 4.32. The fraction of sp³-hybridized carbons (Fsp3) is 0.333. The molecule has 6 nitrogen and oxygen atoms in total. The lowest BCUT2D eigenvalue weighted by atomic mass is 10.1. The number of nitro benzene ring substituents is 1. The number of rotatable bonds is 5. The van der Waals surface area contributed by atoms with E-state index in [2.05, 4.69) is 0 Å². The third-order valence-electron chi connectivity index (χ3n) is 4.03. The average Bonchev–Trinajstić information content (AvgIpc) is 2.63. The number of halogens is 4. The van der Waals surface area contributed by atoms with Crippen molar-refractivity contribution in [3.63, 3.8) is 0 Å². The Morgan fingerprint density at radius 1 is 1.18 bits per heavy atom.